The van der Waals surface area contributed by atoms with Crippen molar-refractivity contribution < 1.29 is 8.78 Å². The van der Waals surface area contributed by atoms with Crippen LogP contribution >= 0.6 is 0 Å². The van der Waals surface area contributed by atoms with Gasteiger partial charge in [0, 0.05) is 42.3 Å². The molecule has 3 heterocycles. The van der Waals surface area contributed by atoms with Crippen molar-refractivity contribution >= 4 is 21.8 Å². The lowest BCUT2D eigenvalue weighted by atomic mass is 9.98. The molecule has 4 aromatic rings. The molecule has 1 aliphatic carbocycles. The lowest BCUT2D eigenvalue weighted by Gasteiger charge is -2.09. The number of fused-ring (bicyclic) bond motifs is 2. The quantitative estimate of drug-likeness (QED) is 0.329. The number of rotatable bonds is 7. The average Bonchev–Trinajstić information content (AvgIpc) is 3.62. The molecule has 0 bridgehead atoms. The first-order chi connectivity index (χ1) is 16.6. The maximum Gasteiger partial charge on any atom is 0.125 e. The summed E-state index contributed by atoms with van der Waals surface area (Å²) in [6.07, 6.45) is 14.1. The summed E-state index contributed by atoms with van der Waals surface area (Å²) in [6, 6.07) is 10.8. The molecule has 178 valence electrons. The first-order valence-corrected chi connectivity index (χ1v) is 12.9. The van der Waals surface area contributed by atoms with Crippen molar-refractivity contribution in [3.8, 4) is 0 Å². The third kappa shape index (κ3) is 4.26. The summed E-state index contributed by atoms with van der Waals surface area (Å²) in [5, 5.41) is 5.89. The van der Waals surface area contributed by atoms with Crippen LogP contribution in [-0.4, -0.2) is 21.7 Å². The highest BCUT2D eigenvalue weighted by atomic mass is 19.1. The van der Waals surface area contributed by atoms with Gasteiger partial charge in [0.2, 0.25) is 0 Å². The molecule has 2 fully saturated rings. The third-order valence-corrected chi connectivity index (χ3v) is 8.05. The van der Waals surface area contributed by atoms with Crippen LogP contribution in [0.15, 0.2) is 48.8 Å². The monoisotopic (exact) mass is 461 g/mol. The number of nitrogens with one attached hydrogen (secondary N) is 1. The van der Waals surface area contributed by atoms with Crippen LogP contribution in [0, 0.1) is 17.6 Å². The standard InChI is InChI=1S/C29H33F2N3/c30-23-7-9-26-21(14-20-4-1-2-5-20)18-33(28(26)16-23)12-13-34-19-22(15-25-6-3-11-32-25)27-10-8-24(31)17-29(27)34/h7-10,16-20,25,32H,1-6,11-15H2/t25-/m0/s1. The normalized spacial score (nSPS) is 19.2. The smallest absolute Gasteiger partial charge is 0.125 e. The highest BCUT2D eigenvalue weighted by molar-refractivity contribution is 5.85. The molecule has 2 aromatic carbocycles. The van der Waals surface area contributed by atoms with E-state index in [9.17, 15) is 8.78 Å². The zero-order chi connectivity index (χ0) is 23.1. The Balaban J connectivity index is 1.30. The Morgan fingerprint density at radius 2 is 1.32 bits per heavy atom. The van der Waals surface area contributed by atoms with Gasteiger partial charge in [-0.05, 0) is 85.7 Å². The second-order valence-corrected chi connectivity index (χ2v) is 10.4. The van der Waals surface area contributed by atoms with E-state index in [1.165, 1.54) is 55.0 Å². The lowest BCUT2D eigenvalue weighted by molar-refractivity contribution is 0.545. The second-order valence-electron chi connectivity index (χ2n) is 10.4. The number of halogens is 2. The minimum atomic E-state index is -0.204. The molecule has 0 amide bonds. The number of nitrogens with zero attached hydrogens (tertiary/aromatic N) is 2. The molecule has 1 saturated carbocycles. The van der Waals surface area contributed by atoms with Gasteiger partial charge in [-0.3, -0.25) is 0 Å². The van der Waals surface area contributed by atoms with Crippen molar-refractivity contribution in [3.05, 3.63) is 71.6 Å². The fourth-order valence-corrected chi connectivity index (χ4v) is 6.32. The summed E-state index contributed by atoms with van der Waals surface area (Å²) >= 11 is 0. The summed E-state index contributed by atoms with van der Waals surface area (Å²) in [4.78, 5) is 0. The predicted octanol–water partition coefficient (Wildman–Crippen LogP) is 6.60. The molecule has 3 nitrogen and oxygen atoms in total. The number of aromatic nitrogens is 2. The molecule has 5 heteroatoms. The van der Waals surface area contributed by atoms with Crippen molar-refractivity contribution in [3.63, 3.8) is 0 Å². The SMILES string of the molecule is Fc1ccc2c(CC3CCCC3)cn(CCn3cc(C[C@@H]4CCCN4)c4ccc(F)cc43)c2c1. The van der Waals surface area contributed by atoms with E-state index in [4.69, 9.17) is 0 Å². The Labute approximate surface area is 199 Å². The van der Waals surface area contributed by atoms with Gasteiger partial charge in [-0.2, -0.15) is 0 Å². The van der Waals surface area contributed by atoms with Crippen molar-refractivity contribution in [2.45, 2.75) is 70.5 Å². The Bertz CT molecular complexity index is 1200. The second kappa shape index (κ2) is 9.18. The largest absolute Gasteiger partial charge is 0.345 e. The molecule has 34 heavy (non-hydrogen) atoms. The molecule has 1 aliphatic heterocycles. The maximum atomic E-state index is 14.2. The average molecular weight is 462 g/mol. The Morgan fingerprint density at radius 3 is 1.88 bits per heavy atom. The van der Waals surface area contributed by atoms with Gasteiger partial charge in [0.05, 0.1) is 11.0 Å². The van der Waals surface area contributed by atoms with Gasteiger partial charge in [0.1, 0.15) is 11.6 Å². The van der Waals surface area contributed by atoms with Gasteiger partial charge < -0.3 is 14.5 Å². The molecule has 1 atom stereocenters. The fourth-order valence-electron chi connectivity index (χ4n) is 6.32. The first kappa shape index (κ1) is 21.8. The van der Waals surface area contributed by atoms with Crippen molar-refractivity contribution in [2.75, 3.05) is 6.54 Å². The van der Waals surface area contributed by atoms with Crippen LogP contribution in [0.2, 0.25) is 0 Å². The molecule has 1 N–H and O–H groups in total. The van der Waals surface area contributed by atoms with E-state index in [2.05, 4.69) is 26.8 Å². The lowest BCUT2D eigenvalue weighted by Crippen LogP contribution is -2.23. The third-order valence-electron chi connectivity index (χ3n) is 8.05. The molecule has 0 spiro atoms. The summed E-state index contributed by atoms with van der Waals surface area (Å²) in [5.41, 5.74) is 4.52. The molecule has 0 unspecified atom stereocenters. The molecular weight excluding hydrogens is 428 g/mol. The van der Waals surface area contributed by atoms with Crippen LogP contribution < -0.4 is 5.32 Å². The summed E-state index contributed by atoms with van der Waals surface area (Å²) < 4.78 is 32.7. The number of aryl methyl sites for hydroxylation is 2. The minimum Gasteiger partial charge on any atom is -0.345 e. The first-order valence-electron chi connectivity index (χ1n) is 12.9. The van der Waals surface area contributed by atoms with Gasteiger partial charge in [0.15, 0.2) is 0 Å². The topological polar surface area (TPSA) is 21.9 Å². The van der Waals surface area contributed by atoms with Crippen LogP contribution in [0.3, 0.4) is 0 Å². The van der Waals surface area contributed by atoms with Gasteiger partial charge in [-0.25, -0.2) is 8.78 Å². The molecule has 6 rings (SSSR count). The Morgan fingerprint density at radius 1 is 0.735 bits per heavy atom. The van der Waals surface area contributed by atoms with Crippen LogP contribution in [0.4, 0.5) is 8.78 Å². The van der Waals surface area contributed by atoms with Gasteiger partial charge in [-0.1, -0.05) is 25.7 Å². The van der Waals surface area contributed by atoms with Crippen molar-refractivity contribution in [2.24, 2.45) is 5.92 Å². The zero-order valence-corrected chi connectivity index (χ0v) is 19.7. The fraction of sp³-hybridized carbons (Fsp3) is 0.448. The van der Waals surface area contributed by atoms with Gasteiger partial charge in [0.25, 0.3) is 0 Å². The number of benzene rings is 2. The van der Waals surface area contributed by atoms with Crippen LogP contribution in [-0.2, 0) is 25.9 Å². The molecule has 2 aromatic heterocycles. The number of hydrogen-bond acceptors (Lipinski definition) is 1. The summed E-state index contributed by atoms with van der Waals surface area (Å²) in [6.45, 7) is 2.53. The van der Waals surface area contributed by atoms with Crippen LogP contribution in [0.1, 0.15) is 49.7 Å². The molecule has 2 aliphatic rings. The number of hydrogen-bond donors (Lipinski definition) is 1. The minimum absolute atomic E-state index is 0.195. The predicted molar refractivity (Wildman–Crippen MR) is 134 cm³/mol. The highest BCUT2D eigenvalue weighted by Crippen LogP contribution is 2.32. The van der Waals surface area contributed by atoms with E-state index >= 15 is 0 Å². The van der Waals surface area contributed by atoms with Gasteiger partial charge in [-0.15, -0.1) is 0 Å². The zero-order valence-electron chi connectivity index (χ0n) is 19.7. The van der Waals surface area contributed by atoms with Crippen molar-refractivity contribution in [1.82, 2.24) is 14.5 Å². The van der Waals surface area contributed by atoms with Gasteiger partial charge >= 0.3 is 0 Å². The molecule has 0 radical (unpaired) electrons. The van der Waals surface area contributed by atoms with Crippen LogP contribution in [0.5, 0.6) is 0 Å². The van der Waals surface area contributed by atoms with E-state index in [1.807, 2.05) is 12.1 Å². The maximum absolute atomic E-state index is 14.2. The highest BCUT2D eigenvalue weighted by Gasteiger charge is 2.20. The summed E-state index contributed by atoms with van der Waals surface area (Å²) in [5.74, 6) is 0.344. The van der Waals surface area contributed by atoms with Crippen molar-refractivity contribution in [1.29, 1.82) is 0 Å². The summed E-state index contributed by atoms with van der Waals surface area (Å²) in [7, 11) is 0. The van der Waals surface area contributed by atoms with E-state index in [0.29, 0.717) is 6.04 Å². The Hall–Kier alpha value is -2.66. The van der Waals surface area contributed by atoms with E-state index < -0.39 is 0 Å². The van der Waals surface area contributed by atoms with Crippen LogP contribution in [0.25, 0.3) is 21.8 Å². The van der Waals surface area contributed by atoms with E-state index in [-0.39, 0.29) is 11.6 Å². The Kier molecular flexibility index (Phi) is 5.90. The molecule has 1 saturated heterocycles. The van der Waals surface area contributed by atoms with E-state index in [1.54, 1.807) is 24.3 Å². The van der Waals surface area contributed by atoms with E-state index in [0.717, 1.165) is 54.8 Å². The molecular formula is C29H33F2N3.